The smallest absolute Gasteiger partial charge is 0.0546 e. The fourth-order valence-corrected chi connectivity index (χ4v) is 3.44. The Labute approximate surface area is 141 Å². The van der Waals surface area contributed by atoms with Gasteiger partial charge in [-0.2, -0.15) is 5.53 Å². The highest BCUT2D eigenvalue weighted by Gasteiger charge is 2.26. The zero-order valence-corrected chi connectivity index (χ0v) is 13.7. The molecule has 6 heteroatoms. The number of H-pyrrole nitrogens is 3. The fraction of sp³-hybridized carbons (Fsp3) is 0.333. The summed E-state index contributed by atoms with van der Waals surface area (Å²) in [6, 6.07) is 12.6. The zero-order chi connectivity index (χ0) is 16.2. The van der Waals surface area contributed by atoms with Crippen LogP contribution in [0.4, 0.5) is 0 Å². The molecule has 4 N–H and O–H groups in total. The van der Waals surface area contributed by atoms with Gasteiger partial charge in [0.25, 0.3) is 0 Å². The van der Waals surface area contributed by atoms with Crippen molar-refractivity contribution in [3.63, 3.8) is 0 Å². The summed E-state index contributed by atoms with van der Waals surface area (Å²) in [6.07, 6.45) is 7.03. The molecule has 0 unspecified atom stereocenters. The Morgan fingerprint density at radius 3 is 1.71 bits per heavy atom. The minimum atomic E-state index is 0.579. The van der Waals surface area contributed by atoms with Crippen LogP contribution in [-0.4, -0.2) is 38.1 Å². The summed E-state index contributed by atoms with van der Waals surface area (Å²) in [6.45, 7) is 3.80. The van der Waals surface area contributed by atoms with Crippen molar-refractivity contribution >= 4 is 0 Å². The average Bonchev–Trinajstić information content (AvgIpc) is 3.30. The van der Waals surface area contributed by atoms with E-state index in [0.717, 1.165) is 32.6 Å². The first-order valence-corrected chi connectivity index (χ1v) is 8.48. The van der Waals surface area contributed by atoms with Gasteiger partial charge in [-0.3, -0.25) is 0 Å². The van der Waals surface area contributed by atoms with E-state index < -0.39 is 0 Å². The lowest BCUT2D eigenvalue weighted by Gasteiger charge is -2.40. The van der Waals surface area contributed by atoms with Gasteiger partial charge in [0.2, 0.25) is 0 Å². The second-order valence-corrected chi connectivity index (χ2v) is 6.52. The Morgan fingerprint density at radius 1 is 0.750 bits per heavy atom. The highest BCUT2D eigenvalue weighted by molar-refractivity contribution is 5.07. The van der Waals surface area contributed by atoms with Crippen LogP contribution < -0.4 is 5.53 Å². The van der Waals surface area contributed by atoms with E-state index in [9.17, 15) is 0 Å². The van der Waals surface area contributed by atoms with Gasteiger partial charge in [-0.1, -0.05) is 0 Å². The highest BCUT2D eigenvalue weighted by Crippen LogP contribution is 2.17. The minimum absolute atomic E-state index is 0.579. The molecule has 6 nitrogen and oxygen atoms in total. The van der Waals surface area contributed by atoms with Crippen molar-refractivity contribution in [2.75, 3.05) is 13.1 Å². The number of hydrazine groups is 2. The average molecular weight is 324 g/mol. The van der Waals surface area contributed by atoms with E-state index in [4.69, 9.17) is 0 Å². The summed E-state index contributed by atoms with van der Waals surface area (Å²) in [5.41, 5.74) is 7.31. The van der Waals surface area contributed by atoms with Gasteiger partial charge in [0.15, 0.2) is 0 Å². The first-order valence-electron chi connectivity index (χ1n) is 8.48. The lowest BCUT2D eigenvalue weighted by molar-refractivity contribution is -0.0552. The maximum atomic E-state index is 3.56. The second kappa shape index (κ2) is 7.09. The topological polar surface area (TPSA) is 65.9 Å². The molecule has 1 fully saturated rings. The van der Waals surface area contributed by atoms with E-state index in [2.05, 4.69) is 54.8 Å². The van der Waals surface area contributed by atoms with Crippen LogP contribution in [0, 0.1) is 5.92 Å². The molecular weight excluding hydrogens is 300 g/mol. The monoisotopic (exact) mass is 324 g/mol. The Balaban J connectivity index is 1.44. The molecule has 0 saturated carbocycles. The van der Waals surface area contributed by atoms with Gasteiger partial charge in [-0.15, -0.1) is 0 Å². The number of rotatable bonds is 6. The third-order valence-corrected chi connectivity index (χ3v) is 4.46. The van der Waals surface area contributed by atoms with Crippen molar-refractivity contribution < 1.29 is 0 Å². The molecular formula is C18H24N6. The lowest BCUT2D eigenvalue weighted by Crippen LogP contribution is -2.58. The fourth-order valence-electron chi connectivity index (χ4n) is 3.44. The molecule has 4 rings (SSSR count). The summed E-state index contributed by atoms with van der Waals surface area (Å²) in [7, 11) is 0. The summed E-state index contributed by atoms with van der Waals surface area (Å²) >= 11 is 0. The Bertz CT molecular complexity index is 594. The molecule has 0 bridgehead atoms. The second-order valence-electron chi connectivity index (χ2n) is 6.52. The molecule has 0 spiro atoms. The van der Waals surface area contributed by atoms with Crippen molar-refractivity contribution in [2.24, 2.45) is 5.92 Å². The third kappa shape index (κ3) is 3.79. The van der Waals surface area contributed by atoms with Gasteiger partial charge in [0.05, 0.1) is 13.1 Å². The number of aromatic nitrogens is 3. The molecule has 1 aliphatic rings. The van der Waals surface area contributed by atoms with Gasteiger partial charge in [-0.05, 0) is 48.7 Å². The van der Waals surface area contributed by atoms with Crippen LogP contribution in [0.3, 0.4) is 0 Å². The quantitative estimate of drug-likeness (QED) is 0.562. The Hall–Kier alpha value is -2.28. The van der Waals surface area contributed by atoms with Gasteiger partial charge in [-0.25, -0.2) is 10.0 Å². The molecule has 0 atom stereocenters. The van der Waals surface area contributed by atoms with Crippen molar-refractivity contribution in [1.29, 1.82) is 0 Å². The van der Waals surface area contributed by atoms with Crippen molar-refractivity contribution in [2.45, 2.75) is 19.5 Å². The van der Waals surface area contributed by atoms with Gasteiger partial charge in [0, 0.05) is 48.8 Å². The van der Waals surface area contributed by atoms with E-state index in [1.807, 2.05) is 30.7 Å². The van der Waals surface area contributed by atoms with Crippen LogP contribution in [0.2, 0.25) is 0 Å². The number of aromatic amines is 3. The SMILES string of the molecule is c1c[nH]c(CC2CN(Cc3ccc[nH]3)NN(Cc3ccc[nH]3)C2)c1. The molecule has 24 heavy (non-hydrogen) atoms. The zero-order valence-electron chi connectivity index (χ0n) is 13.7. The van der Waals surface area contributed by atoms with Crippen molar-refractivity contribution in [1.82, 2.24) is 30.5 Å². The highest BCUT2D eigenvalue weighted by atomic mass is 15.8. The third-order valence-electron chi connectivity index (χ3n) is 4.46. The Kier molecular flexibility index (Phi) is 4.51. The number of hydrogen-bond acceptors (Lipinski definition) is 3. The maximum Gasteiger partial charge on any atom is 0.0546 e. The predicted octanol–water partition coefficient (Wildman–Crippen LogP) is 2.27. The van der Waals surface area contributed by atoms with Gasteiger partial charge < -0.3 is 15.0 Å². The van der Waals surface area contributed by atoms with E-state index in [-0.39, 0.29) is 0 Å². The summed E-state index contributed by atoms with van der Waals surface area (Å²) < 4.78 is 0. The van der Waals surface area contributed by atoms with Crippen molar-refractivity contribution in [3.8, 4) is 0 Å². The maximum absolute atomic E-state index is 3.56. The van der Waals surface area contributed by atoms with Crippen LogP contribution in [0.15, 0.2) is 55.0 Å². The first-order chi connectivity index (χ1) is 11.8. The van der Waals surface area contributed by atoms with Crippen LogP contribution in [0.5, 0.6) is 0 Å². The molecule has 1 saturated heterocycles. The Morgan fingerprint density at radius 2 is 1.25 bits per heavy atom. The summed E-state index contributed by atoms with van der Waals surface area (Å²) in [5, 5.41) is 4.60. The van der Waals surface area contributed by atoms with E-state index in [0.29, 0.717) is 5.92 Å². The molecule has 0 aliphatic carbocycles. The van der Waals surface area contributed by atoms with Crippen LogP contribution in [0.1, 0.15) is 17.1 Å². The van der Waals surface area contributed by atoms with Gasteiger partial charge in [0.1, 0.15) is 0 Å². The van der Waals surface area contributed by atoms with Crippen LogP contribution >= 0.6 is 0 Å². The van der Waals surface area contributed by atoms with Crippen LogP contribution in [0.25, 0.3) is 0 Å². The molecule has 126 valence electrons. The molecule has 4 heterocycles. The minimum Gasteiger partial charge on any atom is -0.365 e. The lowest BCUT2D eigenvalue weighted by atomic mass is 10.0. The molecule has 0 radical (unpaired) electrons. The predicted molar refractivity (Wildman–Crippen MR) is 93.5 cm³/mol. The van der Waals surface area contributed by atoms with E-state index in [1.165, 1.54) is 17.1 Å². The number of nitrogens with zero attached hydrogens (tertiary/aromatic N) is 2. The molecule has 0 aromatic carbocycles. The largest absolute Gasteiger partial charge is 0.365 e. The van der Waals surface area contributed by atoms with Crippen molar-refractivity contribution in [3.05, 3.63) is 72.1 Å². The van der Waals surface area contributed by atoms with E-state index in [1.54, 1.807) is 0 Å². The number of hydrogen-bond donors (Lipinski definition) is 4. The number of nitrogens with one attached hydrogen (secondary N) is 4. The van der Waals surface area contributed by atoms with E-state index >= 15 is 0 Å². The van der Waals surface area contributed by atoms with Crippen LogP contribution in [-0.2, 0) is 19.5 Å². The molecule has 3 aromatic heterocycles. The molecule has 3 aromatic rings. The van der Waals surface area contributed by atoms with Gasteiger partial charge >= 0.3 is 0 Å². The molecule has 0 amide bonds. The molecule has 1 aliphatic heterocycles. The first kappa shape index (κ1) is 15.3. The standard InChI is InChI=1S/C18H24N6/c1-4-16(19-7-1)10-15-11-23(13-17-5-2-8-20-17)22-24(12-15)14-18-6-3-9-21-18/h1-9,15,19-22H,10-14H2. The normalized spacial score (nSPS) is 17.5. The summed E-state index contributed by atoms with van der Waals surface area (Å²) in [4.78, 5) is 9.92. The summed E-state index contributed by atoms with van der Waals surface area (Å²) in [5.74, 6) is 0.579.